The Morgan fingerprint density at radius 1 is 1.12 bits per heavy atom. The van der Waals surface area contributed by atoms with Crippen LogP contribution in [0.4, 0.5) is 4.79 Å². The maximum Gasteiger partial charge on any atom is 0.408 e. The Hall–Kier alpha value is -2.57. The number of hydrogen-bond acceptors (Lipinski definition) is 5. The molecular weight excluding hydrogens is 312 g/mol. The first-order valence-corrected chi connectivity index (χ1v) is 7.83. The third kappa shape index (κ3) is 6.68. The minimum Gasteiger partial charge on any atom is -0.467 e. The van der Waals surface area contributed by atoms with Crippen LogP contribution in [0.2, 0.25) is 0 Å². The number of carbonyl (C=O) groups excluding carboxylic acids is 3. The van der Waals surface area contributed by atoms with E-state index in [0.717, 1.165) is 5.56 Å². The zero-order valence-electron chi connectivity index (χ0n) is 14.2. The second kappa shape index (κ2) is 10.3. The van der Waals surface area contributed by atoms with Crippen molar-refractivity contribution in [1.82, 2.24) is 10.6 Å². The molecule has 0 aromatic heterocycles. The number of esters is 1. The van der Waals surface area contributed by atoms with E-state index in [9.17, 15) is 14.4 Å². The lowest BCUT2D eigenvalue weighted by molar-refractivity contribution is -0.145. The molecule has 1 rings (SSSR count). The van der Waals surface area contributed by atoms with Crippen LogP contribution in [0.1, 0.15) is 32.3 Å². The van der Waals surface area contributed by atoms with Crippen LogP contribution in [0.5, 0.6) is 0 Å². The van der Waals surface area contributed by atoms with Crippen LogP contribution in [-0.2, 0) is 25.7 Å². The predicted molar refractivity (Wildman–Crippen MR) is 88.1 cm³/mol. The lowest BCUT2D eigenvalue weighted by Gasteiger charge is -2.19. The van der Waals surface area contributed by atoms with Crippen molar-refractivity contribution >= 4 is 18.0 Å². The molecule has 0 fully saturated rings. The highest BCUT2D eigenvalue weighted by Gasteiger charge is 2.24. The lowest BCUT2D eigenvalue weighted by Crippen LogP contribution is -2.50. The Labute approximate surface area is 141 Å². The van der Waals surface area contributed by atoms with E-state index in [2.05, 4.69) is 15.4 Å². The van der Waals surface area contributed by atoms with Gasteiger partial charge in [0.2, 0.25) is 5.91 Å². The van der Waals surface area contributed by atoms with Crippen molar-refractivity contribution in [3.05, 3.63) is 35.9 Å². The summed E-state index contributed by atoms with van der Waals surface area (Å²) in [4.78, 5) is 35.4. The monoisotopic (exact) mass is 336 g/mol. The van der Waals surface area contributed by atoms with Gasteiger partial charge in [0.05, 0.1) is 7.11 Å². The van der Waals surface area contributed by atoms with E-state index in [1.807, 2.05) is 37.3 Å². The zero-order chi connectivity index (χ0) is 17.9. The van der Waals surface area contributed by atoms with Gasteiger partial charge < -0.3 is 20.1 Å². The summed E-state index contributed by atoms with van der Waals surface area (Å²) in [6.45, 7) is 3.52. The molecule has 0 unspecified atom stereocenters. The first-order chi connectivity index (χ1) is 11.5. The highest BCUT2D eigenvalue weighted by molar-refractivity contribution is 5.89. The van der Waals surface area contributed by atoms with Gasteiger partial charge in [-0.2, -0.15) is 0 Å². The summed E-state index contributed by atoms with van der Waals surface area (Å²) >= 11 is 0. The summed E-state index contributed by atoms with van der Waals surface area (Å²) in [7, 11) is 1.26. The second-order valence-corrected chi connectivity index (χ2v) is 5.30. The number of carbonyl (C=O) groups is 3. The smallest absolute Gasteiger partial charge is 0.408 e. The van der Waals surface area contributed by atoms with E-state index in [4.69, 9.17) is 4.74 Å². The van der Waals surface area contributed by atoms with E-state index in [1.165, 1.54) is 14.0 Å². The molecule has 0 radical (unpaired) electrons. The normalized spacial score (nSPS) is 12.6. The first-order valence-electron chi connectivity index (χ1n) is 7.83. The molecule has 1 aromatic carbocycles. The van der Waals surface area contributed by atoms with Crippen LogP contribution in [0.25, 0.3) is 0 Å². The first kappa shape index (κ1) is 19.5. The fourth-order valence-electron chi connectivity index (χ4n) is 1.98. The Morgan fingerprint density at radius 2 is 1.79 bits per heavy atom. The standard InChI is InChI=1S/C17H24N2O5/c1-4-8-14(16(21)23-3)19-15(20)12(2)18-17(22)24-11-13-9-6-5-7-10-13/h5-7,9-10,12,14H,4,8,11H2,1-3H3,(H,18,22)(H,19,20)/t12-,14-/m0/s1. The van der Waals surface area contributed by atoms with Crippen molar-refractivity contribution in [2.45, 2.75) is 45.4 Å². The summed E-state index contributed by atoms with van der Waals surface area (Å²) in [5.74, 6) is -0.987. The van der Waals surface area contributed by atoms with Crippen molar-refractivity contribution in [2.24, 2.45) is 0 Å². The van der Waals surface area contributed by atoms with Crippen molar-refractivity contribution in [2.75, 3.05) is 7.11 Å². The third-order valence-electron chi connectivity index (χ3n) is 3.32. The fraction of sp³-hybridized carbons (Fsp3) is 0.471. The van der Waals surface area contributed by atoms with E-state index in [1.54, 1.807) is 0 Å². The molecule has 0 bridgehead atoms. The van der Waals surface area contributed by atoms with Crippen molar-refractivity contribution < 1.29 is 23.9 Å². The maximum absolute atomic E-state index is 12.1. The largest absolute Gasteiger partial charge is 0.467 e. The Kier molecular flexibility index (Phi) is 8.32. The Bertz CT molecular complexity index is 547. The zero-order valence-corrected chi connectivity index (χ0v) is 14.2. The van der Waals surface area contributed by atoms with E-state index < -0.39 is 30.1 Å². The van der Waals surface area contributed by atoms with E-state index in [-0.39, 0.29) is 6.61 Å². The topological polar surface area (TPSA) is 93.7 Å². The van der Waals surface area contributed by atoms with Crippen LogP contribution in [0, 0.1) is 0 Å². The van der Waals surface area contributed by atoms with Crippen LogP contribution in [0.3, 0.4) is 0 Å². The highest BCUT2D eigenvalue weighted by atomic mass is 16.5. The molecule has 7 nitrogen and oxygen atoms in total. The van der Waals surface area contributed by atoms with Crippen LogP contribution in [-0.4, -0.2) is 37.2 Å². The lowest BCUT2D eigenvalue weighted by atomic mass is 10.1. The quantitative estimate of drug-likeness (QED) is 0.706. The molecule has 0 saturated heterocycles. The van der Waals surface area contributed by atoms with Crippen LogP contribution in [0.15, 0.2) is 30.3 Å². The molecule has 1 aromatic rings. The van der Waals surface area contributed by atoms with Gasteiger partial charge >= 0.3 is 12.1 Å². The van der Waals surface area contributed by atoms with Gasteiger partial charge in [-0.3, -0.25) is 4.79 Å². The van der Waals surface area contributed by atoms with E-state index in [0.29, 0.717) is 12.8 Å². The SMILES string of the molecule is CCC[C@H](NC(=O)[C@H](C)NC(=O)OCc1ccccc1)C(=O)OC. The van der Waals surface area contributed by atoms with Gasteiger partial charge in [-0.15, -0.1) is 0 Å². The molecule has 132 valence electrons. The van der Waals surface area contributed by atoms with Crippen molar-refractivity contribution in [3.8, 4) is 0 Å². The summed E-state index contributed by atoms with van der Waals surface area (Å²) in [6.07, 6.45) is 0.469. The number of methoxy groups -OCH3 is 1. The van der Waals surface area contributed by atoms with Crippen molar-refractivity contribution in [1.29, 1.82) is 0 Å². The van der Waals surface area contributed by atoms with Gasteiger partial charge in [-0.25, -0.2) is 9.59 Å². The molecule has 0 saturated carbocycles. The van der Waals surface area contributed by atoms with Gasteiger partial charge in [0, 0.05) is 0 Å². The average Bonchev–Trinajstić information content (AvgIpc) is 2.59. The molecule has 0 aliphatic carbocycles. The van der Waals surface area contributed by atoms with Gasteiger partial charge in [0.25, 0.3) is 0 Å². The fourth-order valence-corrected chi connectivity index (χ4v) is 1.98. The molecule has 0 heterocycles. The third-order valence-corrected chi connectivity index (χ3v) is 3.32. The number of amides is 2. The Balaban J connectivity index is 2.44. The minimum atomic E-state index is -0.836. The molecule has 2 N–H and O–H groups in total. The number of benzene rings is 1. The Morgan fingerprint density at radius 3 is 2.38 bits per heavy atom. The van der Waals surface area contributed by atoms with Gasteiger partial charge in [-0.1, -0.05) is 43.7 Å². The summed E-state index contributed by atoms with van der Waals surface area (Å²) in [5, 5.41) is 4.99. The molecule has 24 heavy (non-hydrogen) atoms. The van der Waals surface area contributed by atoms with Crippen LogP contribution >= 0.6 is 0 Å². The minimum absolute atomic E-state index is 0.113. The summed E-state index contributed by atoms with van der Waals surface area (Å²) in [5.41, 5.74) is 0.846. The van der Waals surface area contributed by atoms with Gasteiger partial charge in [0.1, 0.15) is 18.7 Å². The molecule has 0 aliphatic heterocycles. The molecule has 2 atom stereocenters. The molecule has 2 amide bonds. The molecule has 7 heteroatoms. The summed E-state index contributed by atoms with van der Waals surface area (Å²) in [6, 6.07) is 7.64. The average molecular weight is 336 g/mol. The second-order valence-electron chi connectivity index (χ2n) is 5.30. The van der Waals surface area contributed by atoms with E-state index >= 15 is 0 Å². The van der Waals surface area contributed by atoms with Crippen molar-refractivity contribution in [3.63, 3.8) is 0 Å². The maximum atomic E-state index is 12.1. The summed E-state index contributed by atoms with van der Waals surface area (Å²) < 4.78 is 9.70. The van der Waals surface area contributed by atoms with Crippen LogP contribution < -0.4 is 10.6 Å². The number of hydrogen-bond donors (Lipinski definition) is 2. The molecule has 0 aliphatic rings. The van der Waals surface area contributed by atoms with Gasteiger partial charge in [0.15, 0.2) is 0 Å². The van der Waals surface area contributed by atoms with Gasteiger partial charge in [-0.05, 0) is 18.9 Å². The molecular formula is C17H24N2O5. The number of rotatable bonds is 8. The highest BCUT2D eigenvalue weighted by Crippen LogP contribution is 2.02. The molecule has 0 spiro atoms. The predicted octanol–water partition coefficient (Wildman–Crippen LogP) is 1.76. The number of ether oxygens (including phenoxy) is 2. The number of alkyl carbamates (subject to hydrolysis) is 1. The number of nitrogens with one attached hydrogen (secondary N) is 2.